The summed E-state index contributed by atoms with van der Waals surface area (Å²) in [5, 5.41) is 7.16. The Balaban J connectivity index is 2.98. The maximum absolute atomic E-state index is 11.6. The zero-order valence-electron chi connectivity index (χ0n) is 8.34. The summed E-state index contributed by atoms with van der Waals surface area (Å²) in [4.78, 5) is 10.6. The van der Waals surface area contributed by atoms with E-state index >= 15 is 0 Å². The van der Waals surface area contributed by atoms with Gasteiger partial charge in [0.05, 0.1) is 5.69 Å². The number of carbonyl (C=O) groups is 1. The number of nitrogens with one attached hydrogen (secondary N) is 1. The van der Waals surface area contributed by atoms with E-state index in [1.165, 1.54) is 0 Å². The summed E-state index contributed by atoms with van der Waals surface area (Å²) in [6.45, 7) is 1.13. The van der Waals surface area contributed by atoms with Crippen LogP contribution in [0.1, 0.15) is 6.92 Å². The van der Waals surface area contributed by atoms with E-state index in [4.69, 9.17) is 5.11 Å². The molecule has 0 saturated carbocycles. The topological polar surface area (TPSA) is 83.5 Å². The molecule has 0 saturated heterocycles. The van der Waals surface area contributed by atoms with Crippen LogP contribution in [-0.4, -0.2) is 24.7 Å². The molecule has 2 N–H and O–H groups in total. The zero-order chi connectivity index (χ0) is 12.3. The van der Waals surface area contributed by atoms with Gasteiger partial charge in [-0.1, -0.05) is 12.1 Å². The summed E-state index contributed by atoms with van der Waals surface area (Å²) in [6, 6.07) is 6.74. The summed E-state index contributed by atoms with van der Waals surface area (Å²) < 4.78 is 26.2. The molecule has 1 unspecified atom stereocenters. The minimum Gasteiger partial charge on any atom is -0.480 e. The molecule has 0 fully saturated rings. The van der Waals surface area contributed by atoms with Crippen LogP contribution in [-0.2, 0) is 14.8 Å². The number of aliphatic carboxylic acids is 1. The van der Waals surface area contributed by atoms with Gasteiger partial charge in [-0.3, -0.25) is 9.52 Å². The van der Waals surface area contributed by atoms with Crippen LogP contribution in [0.2, 0.25) is 0 Å². The van der Waals surface area contributed by atoms with Crippen molar-refractivity contribution in [3.63, 3.8) is 0 Å². The number of anilines is 1. The standard InChI is InChI=1S/C9H10INO4S/c1-6(9(12)13)16(14,15)11-8-5-3-2-4-7(8)10/h2-6,11H,1H3,(H,12,13). The Morgan fingerprint density at radius 1 is 1.44 bits per heavy atom. The Kier molecular flexibility index (Phi) is 4.14. The Bertz CT molecular complexity index is 500. The molecular formula is C9H10INO4S. The van der Waals surface area contributed by atoms with E-state index < -0.39 is 21.2 Å². The van der Waals surface area contributed by atoms with Crippen molar-refractivity contribution < 1.29 is 18.3 Å². The normalized spacial score (nSPS) is 13.1. The lowest BCUT2D eigenvalue weighted by Crippen LogP contribution is -2.32. The number of hydrogen-bond donors (Lipinski definition) is 2. The average Bonchev–Trinajstić information content (AvgIpc) is 2.20. The van der Waals surface area contributed by atoms with Gasteiger partial charge in [0.25, 0.3) is 0 Å². The van der Waals surface area contributed by atoms with Crippen molar-refractivity contribution >= 4 is 44.3 Å². The van der Waals surface area contributed by atoms with Gasteiger partial charge in [-0.25, -0.2) is 8.42 Å². The molecule has 0 amide bonds. The second kappa shape index (κ2) is 5.00. The highest BCUT2D eigenvalue weighted by Crippen LogP contribution is 2.19. The molecule has 0 aliphatic heterocycles. The van der Waals surface area contributed by atoms with Crippen LogP contribution >= 0.6 is 22.6 Å². The molecular weight excluding hydrogens is 345 g/mol. The fourth-order valence-corrected chi connectivity index (χ4v) is 2.55. The van der Waals surface area contributed by atoms with E-state index in [2.05, 4.69) is 4.72 Å². The van der Waals surface area contributed by atoms with E-state index in [1.807, 2.05) is 22.6 Å². The summed E-state index contributed by atoms with van der Waals surface area (Å²) in [6.07, 6.45) is 0. The van der Waals surface area contributed by atoms with E-state index in [9.17, 15) is 13.2 Å². The molecule has 88 valence electrons. The molecule has 0 radical (unpaired) electrons. The number of carboxylic acids is 1. The molecule has 1 aromatic carbocycles. The van der Waals surface area contributed by atoms with Crippen LogP contribution in [0.5, 0.6) is 0 Å². The zero-order valence-corrected chi connectivity index (χ0v) is 11.3. The number of carboxylic acid groups (broad SMARTS) is 1. The number of halogens is 1. The van der Waals surface area contributed by atoms with Crippen LogP contribution in [0.4, 0.5) is 5.69 Å². The van der Waals surface area contributed by atoms with Crippen LogP contribution in [0.15, 0.2) is 24.3 Å². The van der Waals surface area contributed by atoms with Gasteiger partial charge >= 0.3 is 5.97 Å². The van der Waals surface area contributed by atoms with Gasteiger partial charge in [-0.2, -0.15) is 0 Å². The van der Waals surface area contributed by atoms with Crippen molar-refractivity contribution in [1.29, 1.82) is 0 Å². The van der Waals surface area contributed by atoms with Crippen molar-refractivity contribution in [2.75, 3.05) is 4.72 Å². The largest absolute Gasteiger partial charge is 0.480 e. The molecule has 1 aromatic rings. The Morgan fingerprint density at radius 2 is 2.00 bits per heavy atom. The lowest BCUT2D eigenvalue weighted by atomic mass is 10.3. The predicted octanol–water partition coefficient (Wildman–Crippen LogP) is 1.51. The number of para-hydroxylation sites is 1. The van der Waals surface area contributed by atoms with Gasteiger partial charge in [0.15, 0.2) is 5.25 Å². The third-order valence-electron chi connectivity index (χ3n) is 1.94. The Hall–Kier alpha value is -0.830. The molecule has 1 atom stereocenters. The fraction of sp³-hybridized carbons (Fsp3) is 0.222. The Labute approximate surface area is 107 Å². The minimum absolute atomic E-state index is 0.385. The van der Waals surface area contributed by atoms with Crippen molar-refractivity contribution in [1.82, 2.24) is 0 Å². The van der Waals surface area contributed by atoms with Gasteiger partial charge in [0.1, 0.15) is 0 Å². The lowest BCUT2D eigenvalue weighted by molar-refractivity contribution is -0.136. The van der Waals surface area contributed by atoms with Crippen LogP contribution in [0, 0.1) is 3.57 Å². The fourth-order valence-electron chi connectivity index (χ4n) is 0.918. The first kappa shape index (κ1) is 13.2. The third kappa shape index (κ3) is 3.08. The first-order chi connectivity index (χ1) is 7.34. The SMILES string of the molecule is CC(C(=O)O)S(=O)(=O)Nc1ccccc1I. The van der Waals surface area contributed by atoms with Crippen LogP contribution in [0.25, 0.3) is 0 Å². The van der Waals surface area contributed by atoms with E-state index in [0.717, 1.165) is 6.92 Å². The summed E-state index contributed by atoms with van der Waals surface area (Å²) in [7, 11) is -3.89. The van der Waals surface area contributed by atoms with E-state index in [0.29, 0.717) is 9.26 Å². The summed E-state index contributed by atoms with van der Waals surface area (Å²) >= 11 is 1.97. The Morgan fingerprint density at radius 3 is 2.50 bits per heavy atom. The number of benzene rings is 1. The monoisotopic (exact) mass is 355 g/mol. The second-order valence-corrected chi connectivity index (χ2v) is 6.27. The van der Waals surface area contributed by atoms with Gasteiger partial charge in [0, 0.05) is 3.57 Å². The maximum atomic E-state index is 11.6. The van der Waals surface area contributed by atoms with E-state index in [-0.39, 0.29) is 0 Å². The van der Waals surface area contributed by atoms with Crippen molar-refractivity contribution in [3.8, 4) is 0 Å². The van der Waals surface area contributed by atoms with E-state index in [1.54, 1.807) is 24.3 Å². The summed E-state index contributed by atoms with van der Waals surface area (Å²) in [5.41, 5.74) is 0.385. The predicted molar refractivity (Wildman–Crippen MR) is 68.8 cm³/mol. The van der Waals surface area contributed by atoms with Crippen molar-refractivity contribution in [2.24, 2.45) is 0 Å². The molecule has 5 nitrogen and oxygen atoms in total. The van der Waals surface area contributed by atoms with Gasteiger partial charge in [-0.05, 0) is 41.6 Å². The molecule has 0 bridgehead atoms. The molecule has 0 aliphatic carbocycles. The molecule has 1 rings (SSSR count). The first-order valence-corrected chi connectivity index (χ1v) is 6.96. The smallest absolute Gasteiger partial charge is 0.323 e. The van der Waals surface area contributed by atoms with Crippen LogP contribution < -0.4 is 4.72 Å². The van der Waals surface area contributed by atoms with Gasteiger partial charge < -0.3 is 5.11 Å². The molecule has 0 heterocycles. The quantitative estimate of drug-likeness (QED) is 0.802. The highest BCUT2D eigenvalue weighted by atomic mass is 127. The minimum atomic E-state index is -3.89. The summed E-state index contributed by atoms with van der Waals surface area (Å²) in [5.74, 6) is -1.38. The lowest BCUT2D eigenvalue weighted by Gasteiger charge is -2.12. The van der Waals surface area contributed by atoms with Crippen molar-refractivity contribution in [2.45, 2.75) is 12.2 Å². The highest BCUT2D eigenvalue weighted by molar-refractivity contribution is 14.1. The average molecular weight is 355 g/mol. The molecule has 0 spiro atoms. The maximum Gasteiger partial charge on any atom is 0.323 e. The highest BCUT2D eigenvalue weighted by Gasteiger charge is 2.27. The van der Waals surface area contributed by atoms with Crippen molar-refractivity contribution in [3.05, 3.63) is 27.8 Å². The molecule has 7 heteroatoms. The number of hydrogen-bond acceptors (Lipinski definition) is 3. The molecule has 0 aliphatic rings. The van der Waals surface area contributed by atoms with Gasteiger partial charge in [0.2, 0.25) is 10.0 Å². The van der Waals surface area contributed by atoms with Crippen LogP contribution in [0.3, 0.4) is 0 Å². The first-order valence-electron chi connectivity index (χ1n) is 4.33. The molecule has 16 heavy (non-hydrogen) atoms. The second-order valence-electron chi connectivity index (χ2n) is 3.11. The number of rotatable bonds is 4. The third-order valence-corrected chi connectivity index (χ3v) is 4.52. The van der Waals surface area contributed by atoms with Gasteiger partial charge in [-0.15, -0.1) is 0 Å². The molecule has 0 aromatic heterocycles. The number of sulfonamides is 1.